The fourth-order valence-electron chi connectivity index (χ4n) is 2.58. The van der Waals surface area contributed by atoms with Crippen LogP contribution in [0, 0.1) is 6.92 Å². The zero-order chi connectivity index (χ0) is 19.5. The normalized spacial score (nSPS) is 19.7. The fourth-order valence-corrected chi connectivity index (χ4v) is 2.76. The molecule has 26 heavy (non-hydrogen) atoms. The molecule has 1 aliphatic heterocycles. The Labute approximate surface area is 156 Å². The van der Waals surface area contributed by atoms with E-state index >= 15 is 0 Å². The van der Waals surface area contributed by atoms with Gasteiger partial charge in [0.05, 0.1) is 21.2 Å². The average molecular weight is 402 g/mol. The molecular formula is C16H20ClN3O5S. The topological polar surface area (TPSA) is 126 Å². The van der Waals surface area contributed by atoms with Crippen LogP contribution in [0.25, 0.3) is 11.0 Å². The van der Waals surface area contributed by atoms with Gasteiger partial charge >= 0.3 is 0 Å². The number of benzene rings is 1. The minimum atomic E-state index is -3.92. The Balaban J connectivity index is 0.000000431. The Morgan fingerprint density at radius 3 is 2.58 bits per heavy atom. The molecule has 0 radical (unpaired) electrons. The Kier molecular flexibility index (Phi) is 6.51. The first kappa shape index (κ1) is 20.5. The van der Waals surface area contributed by atoms with Gasteiger partial charge in [0.15, 0.2) is 17.0 Å². The van der Waals surface area contributed by atoms with Crippen molar-refractivity contribution in [1.82, 2.24) is 9.97 Å². The summed E-state index contributed by atoms with van der Waals surface area (Å²) in [4.78, 5) is 20.1. The molecule has 2 aromatic rings. The van der Waals surface area contributed by atoms with Crippen LogP contribution in [-0.4, -0.2) is 53.7 Å². The summed E-state index contributed by atoms with van der Waals surface area (Å²) in [7, 11) is -3.92. The molecule has 0 unspecified atom stereocenters. The highest BCUT2D eigenvalue weighted by Gasteiger charge is 2.33. The van der Waals surface area contributed by atoms with Gasteiger partial charge in [0.2, 0.25) is 0 Å². The van der Waals surface area contributed by atoms with Gasteiger partial charge in [0.1, 0.15) is 12.6 Å². The van der Waals surface area contributed by atoms with E-state index in [0.29, 0.717) is 18.6 Å². The smallest absolute Gasteiger partial charge is 0.253 e. The minimum absolute atomic E-state index is 0.0237. The third kappa shape index (κ3) is 6.17. The summed E-state index contributed by atoms with van der Waals surface area (Å²) < 4.78 is 33.1. The van der Waals surface area contributed by atoms with Crippen molar-refractivity contribution >= 4 is 38.5 Å². The Hall–Kier alpha value is -1.81. The molecule has 2 atom stereocenters. The summed E-state index contributed by atoms with van der Waals surface area (Å²) in [5.41, 5.74) is 2.62. The first-order chi connectivity index (χ1) is 12.0. The molecule has 0 spiro atoms. The maximum atomic E-state index is 11.4. The molecule has 1 fully saturated rings. The van der Waals surface area contributed by atoms with Gasteiger partial charge in [-0.3, -0.25) is 4.79 Å². The second-order valence-corrected chi connectivity index (χ2v) is 7.95. The summed E-state index contributed by atoms with van der Waals surface area (Å²) in [6.45, 7) is 4.34. The molecule has 142 valence electrons. The van der Waals surface area contributed by atoms with Crippen LogP contribution in [0.3, 0.4) is 0 Å². The number of nitrogens with zero attached hydrogens (tertiary/aromatic N) is 2. The van der Waals surface area contributed by atoms with Gasteiger partial charge in [0, 0.05) is 19.6 Å². The second-order valence-electron chi connectivity index (χ2n) is 6.18. The van der Waals surface area contributed by atoms with E-state index in [4.69, 9.17) is 29.3 Å². The van der Waals surface area contributed by atoms with Crippen LogP contribution in [-0.2, 0) is 14.9 Å². The quantitative estimate of drug-likeness (QED) is 0.738. The van der Waals surface area contributed by atoms with Crippen LogP contribution in [0.1, 0.15) is 18.9 Å². The number of quaternary nitrogens is 1. The summed E-state index contributed by atoms with van der Waals surface area (Å²) >= 11 is 6.14. The molecule has 8 nitrogen and oxygen atoms in total. The molecule has 0 amide bonds. The number of hydrogen-bond donors (Lipinski definition) is 1. The molecule has 2 heterocycles. The lowest BCUT2D eigenvalue weighted by Crippen LogP contribution is -2.88. The van der Waals surface area contributed by atoms with E-state index in [9.17, 15) is 4.79 Å². The van der Waals surface area contributed by atoms with Crippen molar-refractivity contribution in [3.8, 4) is 5.88 Å². The largest absolute Gasteiger partial charge is 0.748 e. The van der Waals surface area contributed by atoms with Crippen molar-refractivity contribution < 1.29 is 27.8 Å². The lowest BCUT2D eigenvalue weighted by Gasteiger charge is -2.11. The molecule has 0 saturated carbocycles. The van der Waals surface area contributed by atoms with E-state index in [2.05, 4.69) is 9.97 Å². The van der Waals surface area contributed by atoms with E-state index in [-0.39, 0.29) is 23.1 Å². The van der Waals surface area contributed by atoms with Crippen molar-refractivity contribution in [2.75, 3.05) is 12.8 Å². The molecule has 0 bridgehead atoms. The molecular weight excluding hydrogens is 382 g/mol. The predicted octanol–water partition coefficient (Wildman–Crippen LogP) is 0.425. The van der Waals surface area contributed by atoms with Gasteiger partial charge in [0.25, 0.3) is 5.88 Å². The maximum absolute atomic E-state index is 11.4. The van der Waals surface area contributed by atoms with Gasteiger partial charge < -0.3 is 14.6 Å². The molecule has 1 aromatic carbocycles. The third-order valence-electron chi connectivity index (χ3n) is 3.75. The van der Waals surface area contributed by atoms with E-state index < -0.39 is 10.1 Å². The van der Waals surface area contributed by atoms with E-state index in [1.54, 1.807) is 6.92 Å². The van der Waals surface area contributed by atoms with E-state index in [0.717, 1.165) is 23.1 Å². The van der Waals surface area contributed by atoms with E-state index in [1.165, 1.54) is 0 Å². The summed E-state index contributed by atoms with van der Waals surface area (Å²) in [6, 6.07) is 5.79. The lowest BCUT2D eigenvalue weighted by molar-refractivity contribution is -0.659. The molecule has 3 rings (SSSR count). The van der Waals surface area contributed by atoms with Gasteiger partial charge in [-0.2, -0.15) is 0 Å². The van der Waals surface area contributed by atoms with Crippen LogP contribution in [0.2, 0.25) is 5.15 Å². The lowest BCUT2D eigenvalue weighted by atomic mass is 10.1. The molecule has 0 aliphatic carbocycles. The van der Waals surface area contributed by atoms with Crippen LogP contribution in [0.15, 0.2) is 18.2 Å². The monoisotopic (exact) mass is 401 g/mol. The first-order valence-corrected chi connectivity index (χ1v) is 10.1. The van der Waals surface area contributed by atoms with Crippen LogP contribution < -0.4 is 10.1 Å². The van der Waals surface area contributed by atoms with Crippen molar-refractivity contribution in [2.24, 2.45) is 0 Å². The summed E-state index contributed by atoms with van der Waals surface area (Å²) in [6.07, 6.45) is 1.22. The molecule has 2 N–H and O–H groups in total. The average Bonchev–Trinajstić information content (AvgIpc) is 2.96. The maximum Gasteiger partial charge on any atom is 0.253 e. The number of halogens is 1. The standard InChI is InChI=1S/C15H16ClN3O2.CH4O3S/c1-8-3-4-11-13(5-8)19-15(14(16)18-11)21-10-6-12(9(2)20)17-7-10;1-5(2,3)4/h3-5,10,12,17H,6-7H2,1-2H3;1H3,(H,2,3,4)/t10-,12+;/m1./s1. The van der Waals surface area contributed by atoms with Gasteiger partial charge in [-0.15, -0.1) is 0 Å². The van der Waals surface area contributed by atoms with E-state index in [1.807, 2.05) is 30.4 Å². The number of rotatable bonds is 3. The molecule has 1 aromatic heterocycles. The Morgan fingerprint density at radius 2 is 2.00 bits per heavy atom. The van der Waals surface area contributed by atoms with Crippen LogP contribution in [0.5, 0.6) is 5.88 Å². The Morgan fingerprint density at radius 1 is 1.35 bits per heavy atom. The summed E-state index contributed by atoms with van der Waals surface area (Å²) in [5, 5.41) is 2.26. The second kappa shape index (κ2) is 8.26. The number of Topliss-reactive ketones (excluding diaryl/α,β-unsaturated/α-hetero) is 1. The van der Waals surface area contributed by atoms with Crippen LogP contribution >= 0.6 is 11.6 Å². The third-order valence-corrected chi connectivity index (χ3v) is 3.99. The molecule has 10 heteroatoms. The zero-order valence-electron chi connectivity index (χ0n) is 14.6. The number of aromatic nitrogens is 2. The number of carbonyl (C=O) groups is 1. The van der Waals surface area contributed by atoms with Gasteiger partial charge in [-0.1, -0.05) is 17.7 Å². The minimum Gasteiger partial charge on any atom is -0.748 e. The number of ketones is 1. The summed E-state index contributed by atoms with van der Waals surface area (Å²) in [5.74, 6) is 0.518. The molecule has 1 aliphatic rings. The van der Waals surface area contributed by atoms with Gasteiger partial charge in [-0.05, 0) is 24.6 Å². The van der Waals surface area contributed by atoms with Crippen molar-refractivity contribution in [3.63, 3.8) is 0 Å². The van der Waals surface area contributed by atoms with Crippen molar-refractivity contribution in [3.05, 3.63) is 28.9 Å². The SMILES string of the molecule is CC(=O)[C@@H]1C[C@@H](Oc2nc3cc(C)ccc3nc2Cl)C[NH2+]1.CS(=O)(=O)[O-]. The highest BCUT2D eigenvalue weighted by Crippen LogP contribution is 2.25. The van der Waals surface area contributed by atoms with Crippen molar-refractivity contribution in [2.45, 2.75) is 32.4 Å². The number of hydrogen-bond acceptors (Lipinski definition) is 7. The number of carbonyl (C=O) groups excluding carboxylic acids is 1. The number of ether oxygens (including phenoxy) is 1. The first-order valence-electron chi connectivity index (χ1n) is 7.88. The van der Waals surface area contributed by atoms with Crippen molar-refractivity contribution in [1.29, 1.82) is 0 Å². The zero-order valence-corrected chi connectivity index (χ0v) is 16.2. The molecule has 1 saturated heterocycles. The number of aryl methyl sites for hydroxylation is 1. The predicted molar refractivity (Wildman–Crippen MR) is 95.2 cm³/mol. The van der Waals surface area contributed by atoms with Crippen LogP contribution in [0.4, 0.5) is 0 Å². The highest BCUT2D eigenvalue weighted by atomic mass is 35.5. The Bertz CT molecular complexity index is 911. The highest BCUT2D eigenvalue weighted by molar-refractivity contribution is 7.84. The number of fused-ring (bicyclic) bond motifs is 1. The van der Waals surface area contributed by atoms with Gasteiger partial charge in [-0.25, -0.2) is 18.4 Å². The number of nitrogens with two attached hydrogens (primary N) is 1. The fraction of sp³-hybridized carbons (Fsp3) is 0.438.